The van der Waals surface area contributed by atoms with Crippen LogP contribution in [-0.4, -0.2) is 144 Å². The Bertz CT molecular complexity index is 5510. The zero-order valence-electron chi connectivity index (χ0n) is 70.3. The van der Waals surface area contributed by atoms with Crippen LogP contribution in [0.25, 0.3) is 0 Å². The maximum Gasteiger partial charge on any atom is 0.264 e. The molecular formula is C92H110ClF7IN7O13S5. The van der Waals surface area contributed by atoms with Crippen molar-refractivity contribution in [2.75, 3.05) is 57.7 Å². The molecule has 34 heteroatoms. The minimum absolute atomic E-state index is 0.00469. The first-order valence-electron chi connectivity index (χ1n) is 42.4. The zero-order chi connectivity index (χ0) is 90.8. The third-order valence-electron chi connectivity index (χ3n) is 22.6. The van der Waals surface area contributed by atoms with Crippen molar-refractivity contribution < 1.29 is 87.4 Å². The fourth-order valence-electron chi connectivity index (χ4n) is 14.4. The van der Waals surface area contributed by atoms with E-state index in [1.807, 2.05) is 12.1 Å². The summed E-state index contributed by atoms with van der Waals surface area (Å²) in [6.45, 7) is 2.81. The highest BCUT2D eigenvalue weighted by molar-refractivity contribution is 14.1. The third kappa shape index (κ3) is 30.5. The topological polar surface area (TPSA) is 264 Å². The monoisotopic (exact) mass is 1980 g/mol. The molecule has 2 heterocycles. The van der Waals surface area contributed by atoms with Gasteiger partial charge in [-0.25, -0.2) is 77.1 Å². The van der Waals surface area contributed by atoms with E-state index in [-0.39, 0.29) is 67.7 Å². The minimum Gasteiger partial charge on any atom is -0.490 e. The van der Waals surface area contributed by atoms with E-state index in [1.54, 1.807) is 78.9 Å². The Balaban J connectivity index is 0.000000161. The molecule has 8 fully saturated rings. The van der Waals surface area contributed by atoms with E-state index in [0.717, 1.165) is 142 Å². The van der Waals surface area contributed by atoms with Crippen LogP contribution in [0, 0.1) is 44.3 Å². The largest absolute Gasteiger partial charge is 0.490 e. The molecule has 8 aliphatic rings. The van der Waals surface area contributed by atoms with Gasteiger partial charge in [0.1, 0.15) is 64.4 Å². The Labute approximate surface area is 755 Å². The van der Waals surface area contributed by atoms with Gasteiger partial charge in [-0.05, 0) is 346 Å². The number of ether oxygens (including phenoxy) is 2. The molecule has 0 atom stereocenters. The molecule has 9 aromatic carbocycles. The minimum atomic E-state index is -3.87. The molecule has 0 amide bonds. The van der Waals surface area contributed by atoms with Gasteiger partial charge in [-0.2, -0.15) is 0 Å². The lowest BCUT2D eigenvalue weighted by molar-refractivity contribution is 0.114. The van der Waals surface area contributed by atoms with Crippen molar-refractivity contribution >= 4 is 105 Å². The normalized spacial score (nSPS) is 17.5. The van der Waals surface area contributed by atoms with Crippen molar-refractivity contribution in [3.05, 3.63) is 263 Å². The number of halogens is 9. The number of hydrogen-bond acceptors (Lipinski definition) is 16. The first kappa shape index (κ1) is 100. The highest BCUT2D eigenvalue weighted by Crippen LogP contribution is 2.40. The first-order valence-corrected chi connectivity index (χ1v) is 51.9. The number of nitrogens with one attached hydrogen (secondary N) is 1. The molecule has 4 N–H and O–H groups in total. The Kier molecular flexibility index (Phi) is 37.7. The van der Waals surface area contributed by atoms with Crippen molar-refractivity contribution in [1.29, 1.82) is 0 Å². The van der Waals surface area contributed by atoms with Crippen LogP contribution in [0.15, 0.2) is 238 Å². The van der Waals surface area contributed by atoms with Crippen LogP contribution in [0.1, 0.15) is 154 Å². The molecule has 684 valence electrons. The number of nitrogens with two attached hydrogens (primary N) is 1. The Morgan fingerprint density at radius 3 is 0.992 bits per heavy atom. The molecule has 9 aromatic rings. The summed E-state index contributed by atoms with van der Waals surface area (Å²) in [5.41, 5.74) is 7.28. The first-order chi connectivity index (χ1) is 60.0. The van der Waals surface area contributed by atoms with Crippen LogP contribution in [0.4, 0.5) is 53.5 Å². The highest BCUT2D eigenvalue weighted by Gasteiger charge is 2.39. The maximum absolute atomic E-state index is 13.8. The lowest BCUT2D eigenvalue weighted by Crippen LogP contribution is -2.44. The average Bonchev–Trinajstić information content (AvgIpc) is 0.773. The van der Waals surface area contributed by atoms with Crippen molar-refractivity contribution in [2.45, 2.75) is 222 Å². The van der Waals surface area contributed by atoms with E-state index in [1.165, 1.54) is 172 Å². The van der Waals surface area contributed by atoms with Crippen molar-refractivity contribution in [3.63, 3.8) is 0 Å². The smallest absolute Gasteiger partial charge is 0.264 e. The van der Waals surface area contributed by atoms with Gasteiger partial charge in [-0.15, -0.1) is 0 Å². The van der Waals surface area contributed by atoms with Gasteiger partial charge in [0.15, 0.2) is 0 Å². The number of anilines is 4. The number of hydrogen-bond donors (Lipinski definition) is 3. The van der Waals surface area contributed by atoms with Crippen LogP contribution in [0.3, 0.4) is 0 Å². The van der Waals surface area contributed by atoms with Crippen LogP contribution in [-0.2, 0) is 49.1 Å². The molecule has 0 spiro atoms. The number of benzene rings is 9. The van der Waals surface area contributed by atoms with Crippen LogP contribution >= 0.6 is 33.3 Å². The van der Waals surface area contributed by atoms with Crippen molar-refractivity contribution in [3.8, 4) is 11.5 Å². The van der Waals surface area contributed by atoms with Gasteiger partial charge < -0.3 is 30.5 Å². The number of aliphatic hydroxyl groups excluding tert-OH is 1. The molecule has 17 rings (SSSR count). The number of nitrogens with zero attached hydrogens (tertiary/aromatic N) is 5. The van der Waals surface area contributed by atoms with E-state index in [0.29, 0.717) is 66.6 Å². The van der Waals surface area contributed by atoms with E-state index < -0.39 is 78.2 Å². The van der Waals surface area contributed by atoms with Gasteiger partial charge in [0.2, 0.25) is 10.0 Å². The van der Waals surface area contributed by atoms with E-state index in [4.69, 9.17) is 31.0 Å². The Morgan fingerprint density at radius 1 is 0.389 bits per heavy atom. The molecule has 0 radical (unpaired) electrons. The number of likely N-dealkylation sites (tertiary alicyclic amines) is 1. The molecule has 0 aromatic heterocycles. The number of aliphatic hydroxyl groups is 1. The quantitative estimate of drug-likeness (QED) is 0.0364. The Morgan fingerprint density at radius 2 is 0.714 bits per heavy atom. The van der Waals surface area contributed by atoms with E-state index in [2.05, 4.69) is 39.9 Å². The summed E-state index contributed by atoms with van der Waals surface area (Å²) >= 11 is 2.07. The summed E-state index contributed by atoms with van der Waals surface area (Å²) < 4.78 is 233. The van der Waals surface area contributed by atoms with Gasteiger partial charge in [-0.3, -0.25) is 12.9 Å². The van der Waals surface area contributed by atoms with Crippen LogP contribution in [0.2, 0.25) is 0 Å². The predicted octanol–water partition coefficient (Wildman–Crippen LogP) is 19.9. The lowest BCUT2D eigenvalue weighted by Gasteiger charge is -2.38. The van der Waals surface area contributed by atoms with Gasteiger partial charge in [0, 0.05) is 76.3 Å². The summed E-state index contributed by atoms with van der Waals surface area (Å²) in [6.07, 6.45) is 25.2. The van der Waals surface area contributed by atoms with Gasteiger partial charge >= 0.3 is 0 Å². The van der Waals surface area contributed by atoms with Crippen molar-refractivity contribution in [2.24, 2.45) is 5.73 Å². The number of sulfonamides is 4. The summed E-state index contributed by atoms with van der Waals surface area (Å²) in [6, 6.07) is 52.6. The molecular weight excluding hydrogens is 1870 g/mol. The standard InChI is InChI=1S/C22H27FN2O5S2.C22H27FN2O3S.C16H15F2NO2S.C10H12FN.C6H4ClFO2S.C6H4FI.C6H12O.C4H9N/c1-31(26,27)24-14-12-21(13-15-24)30-20-8-10-22(11-9-20)32(28,29)25(18-5-3-6-18)19-7-2-4-17(23)16-19;1-24-14-12-21(13-15-24)28-20-8-10-22(11-9-20)29(26,27)25(18-5-3-6-18)19-7-2-4-17(23)16-19;17-12-7-9-16(10-8-12)22(20,21)19(14-4-2-5-14)15-6-1-3-13(18)11-15;11-8-3-1-6-10(7-8)12-9-4-2-5-9;7-11(9,10)6-3-1-5(8)2-4-6;7-5-2-1-3-6(8)4-5;7-6-4-2-1-3-5-6;5-4-2-1-3-4/h2,4,7-11,16,18,21H,3,5-6,12-15H2,1H3;2,4,7-11,16,18,21H,3,5-6,12-15H2,1H3;1,3,6-11,14H,2,4-5H2;1,3,6-7,9,12H,2,4-5H2;1-4H;1-4H;6-7H,1-5H2;4H,1-3,5H2. The molecule has 6 saturated carbocycles. The summed E-state index contributed by atoms with van der Waals surface area (Å²) in [5.74, 6) is -1.53. The van der Waals surface area contributed by atoms with Crippen LogP contribution < -0.4 is 33.4 Å². The second kappa shape index (κ2) is 47.5. The summed E-state index contributed by atoms with van der Waals surface area (Å²) in [5, 5.41) is 12.2. The van der Waals surface area contributed by atoms with Gasteiger partial charge in [0.05, 0.1) is 49.0 Å². The molecule has 0 unspecified atom stereocenters. The highest BCUT2D eigenvalue weighted by atomic mass is 127. The van der Waals surface area contributed by atoms with Crippen molar-refractivity contribution in [1.82, 2.24) is 9.21 Å². The van der Waals surface area contributed by atoms with E-state index in [9.17, 15) is 72.8 Å². The zero-order valence-corrected chi connectivity index (χ0v) is 77.3. The maximum atomic E-state index is 13.8. The summed E-state index contributed by atoms with van der Waals surface area (Å²) in [4.78, 5) is 2.50. The fraction of sp³-hybridized carbons (Fsp3) is 0.413. The molecule has 20 nitrogen and oxygen atoms in total. The van der Waals surface area contributed by atoms with Crippen LogP contribution in [0.5, 0.6) is 11.5 Å². The molecule has 126 heavy (non-hydrogen) atoms. The average molecular weight is 1980 g/mol. The third-order valence-corrected chi connectivity index (χ3v) is 31.6. The Hall–Kier alpha value is -8.10. The fourth-order valence-corrected chi connectivity index (χ4v) is 21.6. The molecule has 6 aliphatic carbocycles. The number of rotatable bonds is 20. The van der Waals surface area contributed by atoms with Gasteiger partial charge in [0.25, 0.3) is 39.1 Å². The lowest BCUT2D eigenvalue weighted by atomic mass is 9.93. The predicted molar refractivity (Wildman–Crippen MR) is 489 cm³/mol. The van der Waals surface area contributed by atoms with Gasteiger partial charge in [-0.1, -0.05) is 56.0 Å². The summed E-state index contributed by atoms with van der Waals surface area (Å²) in [7, 11) is -11.4. The molecule has 2 saturated heterocycles. The molecule has 2 aliphatic heterocycles. The molecule has 0 bridgehead atoms. The van der Waals surface area contributed by atoms with E-state index >= 15 is 0 Å². The SMILES string of the molecule is CN1CCC(Oc2ccc(S(=O)(=O)N(c3cccc(F)c3)C3CCC3)cc2)CC1.CS(=O)(=O)N1CCC(Oc2ccc(S(=O)(=O)N(c3cccc(F)c3)C3CCC3)cc2)CC1.Fc1cccc(I)c1.Fc1cccc(NC2CCC2)c1.NC1CCC1.O=S(=O)(Cl)c1ccc(F)cc1.O=S(=O)(c1ccc(F)cc1)N(c1cccc(F)c1)C1CCC1.OC1CCCCC1. The second-order valence-electron chi connectivity index (χ2n) is 32.2. The second-order valence-corrected chi connectivity index (χ2v) is 43.4. The number of piperidine rings is 2.